The lowest BCUT2D eigenvalue weighted by atomic mass is 9.71. The van der Waals surface area contributed by atoms with Gasteiger partial charge in [-0.25, -0.2) is 0 Å². The molecule has 3 rings (SSSR count). The molecule has 0 saturated carbocycles. The number of carbonyl (C=O) groups is 1. The van der Waals surface area contributed by atoms with Crippen LogP contribution in [-0.2, 0) is 19.3 Å². The zero-order chi connectivity index (χ0) is 19.1. The molecule has 0 saturated heterocycles. The minimum atomic E-state index is -0.287. The highest BCUT2D eigenvalue weighted by Gasteiger charge is 2.34. The number of hydrogen-bond donors (Lipinski definition) is 1. The van der Waals surface area contributed by atoms with Crippen molar-refractivity contribution in [3.8, 4) is 6.07 Å². The van der Waals surface area contributed by atoms with E-state index in [9.17, 15) is 10.1 Å². The van der Waals surface area contributed by atoms with Crippen LogP contribution in [0.1, 0.15) is 71.9 Å². The van der Waals surface area contributed by atoms with Crippen molar-refractivity contribution in [2.45, 2.75) is 60.3 Å². The lowest BCUT2D eigenvalue weighted by Gasteiger charge is -2.33. The Morgan fingerprint density at radius 2 is 2.19 bits per heavy atom. The van der Waals surface area contributed by atoms with Crippen molar-refractivity contribution in [2.75, 3.05) is 5.32 Å². The van der Waals surface area contributed by atoms with Crippen LogP contribution in [-0.4, -0.2) is 11.1 Å². The van der Waals surface area contributed by atoms with E-state index in [1.165, 1.54) is 11.3 Å². The number of aromatic nitrogens is 1. The van der Waals surface area contributed by atoms with Crippen LogP contribution in [0.2, 0.25) is 0 Å². The highest BCUT2D eigenvalue weighted by atomic mass is 32.1. The minimum Gasteiger partial charge on any atom is -0.360 e. The van der Waals surface area contributed by atoms with Crippen LogP contribution in [0.5, 0.6) is 0 Å². The van der Waals surface area contributed by atoms with E-state index in [1.54, 1.807) is 0 Å². The maximum absolute atomic E-state index is 12.8. The number of nitrogens with one attached hydrogen (secondary N) is 1. The van der Waals surface area contributed by atoms with Gasteiger partial charge >= 0.3 is 0 Å². The molecule has 2 aromatic heterocycles. The number of amides is 1. The molecule has 2 heterocycles. The van der Waals surface area contributed by atoms with Gasteiger partial charge in [-0.15, -0.1) is 11.3 Å². The summed E-state index contributed by atoms with van der Waals surface area (Å²) in [6.45, 7) is 10.7. The molecule has 26 heavy (non-hydrogen) atoms. The molecule has 0 aromatic carbocycles. The average molecular weight is 372 g/mol. The minimum absolute atomic E-state index is 0.178. The molecule has 1 N–H and O–H groups in total. The first-order valence-corrected chi connectivity index (χ1v) is 9.89. The van der Waals surface area contributed by atoms with Crippen LogP contribution >= 0.6 is 11.3 Å². The van der Waals surface area contributed by atoms with Crippen molar-refractivity contribution in [3.05, 3.63) is 33.0 Å². The van der Waals surface area contributed by atoms with Gasteiger partial charge in [-0.1, -0.05) is 32.9 Å². The Labute approximate surface area is 158 Å². The van der Waals surface area contributed by atoms with E-state index in [4.69, 9.17) is 4.52 Å². The summed E-state index contributed by atoms with van der Waals surface area (Å²) < 4.78 is 5.44. The molecule has 1 aliphatic rings. The molecule has 0 aliphatic heterocycles. The Morgan fingerprint density at radius 1 is 1.46 bits per heavy atom. The van der Waals surface area contributed by atoms with E-state index in [-0.39, 0.29) is 11.3 Å². The summed E-state index contributed by atoms with van der Waals surface area (Å²) in [6, 6.07) is 2.23. The third kappa shape index (κ3) is 3.28. The Kier molecular flexibility index (Phi) is 4.94. The predicted octanol–water partition coefficient (Wildman–Crippen LogP) is 4.88. The van der Waals surface area contributed by atoms with E-state index in [0.717, 1.165) is 47.4 Å². The monoisotopic (exact) mass is 371 g/mol. The third-order valence-corrected chi connectivity index (χ3v) is 6.44. The molecule has 6 heteroatoms. The lowest BCUT2D eigenvalue weighted by Crippen LogP contribution is -2.27. The quantitative estimate of drug-likeness (QED) is 0.834. The first kappa shape index (κ1) is 18.7. The van der Waals surface area contributed by atoms with Gasteiger partial charge in [0.05, 0.1) is 5.56 Å². The smallest absolute Gasteiger partial charge is 0.278 e. The SMILES string of the molecule is CCc1c(C)sc(NC(=O)c2noc3c2C[C@@H](C(C)(C)C)CC3)c1C#N. The Bertz CT molecular complexity index is 880. The first-order chi connectivity index (χ1) is 12.3. The molecular formula is C20H25N3O2S. The van der Waals surface area contributed by atoms with Gasteiger partial charge in [-0.3, -0.25) is 4.79 Å². The largest absolute Gasteiger partial charge is 0.360 e. The summed E-state index contributed by atoms with van der Waals surface area (Å²) >= 11 is 1.45. The van der Waals surface area contributed by atoms with Crippen molar-refractivity contribution in [1.29, 1.82) is 5.26 Å². The lowest BCUT2D eigenvalue weighted by molar-refractivity contribution is 0.101. The first-order valence-electron chi connectivity index (χ1n) is 9.07. The molecule has 1 aliphatic carbocycles. The van der Waals surface area contributed by atoms with Crippen LogP contribution in [0.4, 0.5) is 5.00 Å². The zero-order valence-corrected chi connectivity index (χ0v) is 16.8. The molecule has 1 atom stereocenters. The molecule has 0 radical (unpaired) electrons. The molecule has 0 bridgehead atoms. The maximum atomic E-state index is 12.8. The molecular weight excluding hydrogens is 346 g/mol. The summed E-state index contributed by atoms with van der Waals surface area (Å²) in [5.74, 6) is 1.03. The number of nitriles is 1. The standard InChI is InChI=1S/C20H25N3O2S/c1-6-13-11(2)26-19(15(13)10-21)22-18(24)17-14-9-12(20(3,4)5)7-8-16(14)25-23-17/h12H,6-9H2,1-5H3,(H,22,24)/t12-/m0/s1. The van der Waals surface area contributed by atoms with E-state index >= 15 is 0 Å². The second kappa shape index (κ2) is 6.88. The maximum Gasteiger partial charge on any atom is 0.278 e. The summed E-state index contributed by atoms with van der Waals surface area (Å²) in [4.78, 5) is 13.9. The second-order valence-corrected chi connectivity index (χ2v) is 9.22. The highest BCUT2D eigenvalue weighted by molar-refractivity contribution is 7.16. The van der Waals surface area contributed by atoms with Gasteiger partial charge in [-0.05, 0) is 43.1 Å². The topological polar surface area (TPSA) is 78.9 Å². The van der Waals surface area contributed by atoms with E-state index in [2.05, 4.69) is 37.3 Å². The van der Waals surface area contributed by atoms with Crippen molar-refractivity contribution in [1.82, 2.24) is 5.16 Å². The van der Waals surface area contributed by atoms with E-state index in [1.807, 2.05) is 13.8 Å². The van der Waals surface area contributed by atoms with Crippen LogP contribution in [0.25, 0.3) is 0 Å². The molecule has 5 nitrogen and oxygen atoms in total. The number of carbonyl (C=O) groups excluding carboxylic acids is 1. The summed E-state index contributed by atoms with van der Waals surface area (Å²) in [6.07, 6.45) is 3.45. The van der Waals surface area contributed by atoms with Crippen molar-refractivity contribution in [2.24, 2.45) is 11.3 Å². The molecule has 0 unspecified atom stereocenters. The number of aryl methyl sites for hydroxylation is 2. The number of hydrogen-bond acceptors (Lipinski definition) is 5. The number of thiophene rings is 1. The van der Waals surface area contributed by atoms with Gasteiger partial charge < -0.3 is 9.84 Å². The fourth-order valence-electron chi connectivity index (χ4n) is 3.69. The van der Waals surface area contributed by atoms with Crippen LogP contribution in [0.3, 0.4) is 0 Å². The van der Waals surface area contributed by atoms with Gasteiger partial charge in [0, 0.05) is 16.9 Å². The summed E-state index contributed by atoms with van der Waals surface area (Å²) in [5, 5.41) is 17.0. The Morgan fingerprint density at radius 3 is 2.81 bits per heavy atom. The van der Waals surface area contributed by atoms with Crippen molar-refractivity contribution in [3.63, 3.8) is 0 Å². The molecule has 138 valence electrons. The van der Waals surface area contributed by atoms with Gasteiger partial charge in [0.2, 0.25) is 0 Å². The molecule has 2 aromatic rings. The fourth-order valence-corrected chi connectivity index (χ4v) is 4.79. The second-order valence-electron chi connectivity index (χ2n) is 8.00. The molecule has 0 fully saturated rings. The summed E-state index contributed by atoms with van der Waals surface area (Å²) in [5.41, 5.74) is 3.03. The molecule has 0 spiro atoms. The predicted molar refractivity (Wildman–Crippen MR) is 103 cm³/mol. The van der Waals surface area contributed by atoms with Gasteiger partial charge in [0.25, 0.3) is 5.91 Å². The van der Waals surface area contributed by atoms with Crippen LogP contribution in [0, 0.1) is 29.6 Å². The summed E-state index contributed by atoms with van der Waals surface area (Å²) in [7, 11) is 0. The number of anilines is 1. The zero-order valence-electron chi connectivity index (χ0n) is 16.0. The number of nitrogens with zero attached hydrogens (tertiary/aromatic N) is 2. The van der Waals surface area contributed by atoms with Crippen molar-refractivity contribution < 1.29 is 9.32 Å². The fraction of sp³-hybridized carbons (Fsp3) is 0.550. The van der Waals surface area contributed by atoms with Crippen molar-refractivity contribution >= 4 is 22.2 Å². The van der Waals surface area contributed by atoms with Gasteiger partial charge in [-0.2, -0.15) is 5.26 Å². The Balaban J connectivity index is 1.88. The van der Waals surface area contributed by atoms with E-state index < -0.39 is 0 Å². The molecule has 1 amide bonds. The van der Waals surface area contributed by atoms with Gasteiger partial charge in [0.15, 0.2) is 5.69 Å². The van der Waals surface area contributed by atoms with Crippen LogP contribution < -0.4 is 5.32 Å². The average Bonchev–Trinajstić information content (AvgIpc) is 3.13. The normalized spacial score (nSPS) is 16.8. The van der Waals surface area contributed by atoms with Crippen LogP contribution in [0.15, 0.2) is 4.52 Å². The Hall–Kier alpha value is -2.13. The number of fused-ring (bicyclic) bond motifs is 1. The highest BCUT2D eigenvalue weighted by Crippen LogP contribution is 2.39. The van der Waals surface area contributed by atoms with Gasteiger partial charge in [0.1, 0.15) is 16.8 Å². The number of rotatable bonds is 3. The third-order valence-electron chi connectivity index (χ3n) is 5.38. The van der Waals surface area contributed by atoms with E-state index in [0.29, 0.717) is 22.2 Å².